The van der Waals surface area contributed by atoms with Gasteiger partial charge in [0.15, 0.2) is 0 Å². The van der Waals surface area contributed by atoms with Crippen LogP contribution in [0, 0.1) is 5.92 Å². The summed E-state index contributed by atoms with van der Waals surface area (Å²) in [7, 11) is 0. The van der Waals surface area contributed by atoms with E-state index in [1.54, 1.807) is 0 Å². The average Bonchev–Trinajstić information content (AvgIpc) is 2.84. The third-order valence-corrected chi connectivity index (χ3v) is 5.63. The van der Waals surface area contributed by atoms with Crippen molar-refractivity contribution in [1.82, 2.24) is 5.32 Å². The summed E-state index contributed by atoms with van der Waals surface area (Å²) in [4.78, 5) is 25.7. The van der Waals surface area contributed by atoms with Crippen LogP contribution >= 0.6 is 0 Å². The van der Waals surface area contributed by atoms with E-state index in [1.165, 1.54) is 0 Å². The minimum Gasteiger partial charge on any atom is -0.457 e. The highest BCUT2D eigenvalue weighted by molar-refractivity contribution is 5.79. The predicted octanol–water partition coefficient (Wildman–Crippen LogP) is 4.82. The molecule has 0 atom stereocenters. The number of ether oxygens (including phenoxy) is 1. The molecule has 1 N–H and O–H groups in total. The molecule has 1 saturated heterocycles. The lowest BCUT2D eigenvalue weighted by Gasteiger charge is -2.33. The number of hydrogen-bond acceptors (Lipinski definition) is 4. The Kier molecular flexibility index (Phi) is 6.62. The number of rotatable bonds is 7. The smallest absolute Gasteiger partial charge is 0.223 e. The van der Waals surface area contributed by atoms with Crippen molar-refractivity contribution in [2.75, 3.05) is 18.0 Å². The van der Waals surface area contributed by atoms with Gasteiger partial charge in [-0.15, -0.1) is 0 Å². The van der Waals surface area contributed by atoms with Gasteiger partial charge in [0.25, 0.3) is 0 Å². The third kappa shape index (κ3) is 5.51. The van der Waals surface area contributed by atoms with E-state index in [0.29, 0.717) is 12.1 Å². The van der Waals surface area contributed by atoms with Gasteiger partial charge in [-0.05, 0) is 66.9 Å². The maximum atomic E-state index is 12.6. The molecule has 158 valence electrons. The Hall–Kier alpha value is -3.60. The van der Waals surface area contributed by atoms with Crippen molar-refractivity contribution in [3.63, 3.8) is 0 Å². The summed E-state index contributed by atoms with van der Waals surface area (Å²) >= 11 is 0. The predicted molar refractivity (Wildman–Crippen MR) is 122 cm³/mol. The lowest BCUT2D eigenvalue weighted by atomic mass is 9.95. The lowest BCUT2D eigenvalue weighted by Crippen LogP contribution is -2.40. The van der Waals surface area contributed by atoms with Crippen molar-refractivity contribution in [2.24, 2.45) is 5.92 Å². The van der Waals surface area contributed by atoms with E-state index in [1.807, 2.05) is 78.9 Å². The van der Waals surface area contributed by atoms with Crippen LogP contribution in [0.15, 0.2) is 78.9 Å². The molecule has 0 bridgehead atoms. The fraction of sp³-hybridized carbons (Fsp3) is 0.231. The summed E-state index contributed by atoms with van der Waals surface area (Å²) in [6.45, 7) is 2.19. The molecule has 1 amide bonds. The van der Waals surface area contributed by atoms with Gasteiger partial charge < -0.3 is 15.0 Å². The number of nitrogens with zero attached hydrogens (tertiary/aromatic N) is 1. The van der Waals surface area contributed by atoms with Crippen molar-refractivity contribution in [1.29, 1.82) is 0 Å². The summed E-state index contributed by atoms with van der Waals surface area (Å²) in [5, 5.41) is 3.07. The number of benzene rings is 3. The first-order valence-electron chi connectivity index (χ1n) is 10.6. The first-order valence-corrected chi connectivity index (χ1v) is 10.6. The topological polar surface area (TPSA) is 58.6 Å². The Balaban J connectivity index is 1.23. The lowest BCUT2D eigenvalue weighted by molar-refractivity contribution is -0.125. The highest BCUT2D eigenvalue weighted by atomic mass is 16.5. The van der Waals surface area contributed by atoms with Crippen LogP contribution in [0.25, 0.3) is 0 Å². The van der Waals surface area contributed by atoms with E-state index in [-0.39, 0.29) is 11.8 Å². The SMILES string of the molecule is O=Cc1ccc(N2CCC(C(=O)NCc3ccc(Oc4ccccc4)cc3)CC2)cc1. The van der Waals surface area contributed by atoms with Gasteiger partial charge >= 0.3 is 0 Å². The molecule has 31 heavy (non-hydrogen) atoms. The first kappa shape index (κ1) is 20.7. The van der Waals surface area contributed by atoms with E-state index in [0.717, 1.165) is 55.0 Å². The van der Waals surface area contributed by atoms with Gasteiger partial charge in [0, 0.05) is 36.8 Å². The van der Waals surface area contributed by atoms with Crippen molar-refractivity contribution in [2.45, 2.75) is 19.4 Å². The van der Waals surface area contributed by atoms with Gasteiger partial charge in [0.1, 0.15) is 17.8 Å². The van der Waals surface area contributed by atoms with E-state index < -0.39 is 0 Å². The molecule has 0 aliphatic carbocycles. The van der Waals surface area contributed by atoms with Crippen LogP contribution in [0.4, 0.5) is 5.69 Å². The van der Waals surface area contributed by atoms with Crippen molar-refractivity contribution in [3.05, 3.63) is 90.0 Å². The summed E-state index contributed by atoms with van der Waals surface area (Å²) in [6.07, 6.45) is 2.50. The fourth-order valence-corrected chi connectivity index (χ4v) is 3.80. The largest absolute Gasteiger partial charge is 0.457 e. The van der Waals surface area contributed by atoms with Crippen LogP contribution in [-0.4, -0.2) is 25.3 Å². The number of anilines is 1. The van der Waals surface area contributed by atoms with Gasteiger partial charge in [-0.25, -0.2) is 0 Å². The molecular weight excluding hydrogens is 388 g/mol. The Labute approximate surface area is 182 Å². The zero-order valence-electron chi connectivity index (χ0n) is 17.4. The molecule has 5 heteroatoms. The molecule has 4 rings (SSSR count). The van der Waals surface area contributed by atoms with Crippen molar-refractivity contribution in [3.8, 4) is 11.5 Å². The molecular formula is C26H26N2O3. The normalized spacial score (nSPS) is 14.1. The number of hydrogen-bond donors (Lipinski definition) is 1. The van der Waals surface area contributed by atoms with E-state index in [4.69, 9.17) is 4.74 Å². The highest BCUT2D eigenvalue weighted by Crippen LogP contribution is 2.24. The highest BCUT2D eigenvalue weighted by Gasteiger charge is 2.24. The van der Waals surface area contributed by atoms with Gasteiger partial charge in [-0.2, -0.15) is 0 Å². The van der Waals surface area contributed by atoms with E-state index in [9.17, 15) is 9.59 Å². The number of amides is 1. The number of carbonyl (C=O) groups is 2. The summed E-state index contributed by atoms with van der Waals surface area (Å²) in [6, 6.07) is 25.0. The standard InChI is InChI=1S/C26H26N2O3/c29-19-21-6-10-23(11-7-21)28-16-14-22(15-17-28)26(30)27-18-20-8-12-25(13-9-20)31-24-4-2-1-3-5-24/h1-13,19,22H,14-18H2,(H,27,30). The average molecular weight is 415 g/mol. The molecule has 0 aromatic heterocycles. The van der Waals surface area contributed by atoms with E-state index >= 15 is 0 Å². The number of nitrogens with one attached hydrogen (secondary N) is 1. The molecule has 1 heterocycles. The Morgan fingerprint density at radius 3 is 2.19 bits per heavy atom. The molecule has 0 spiro atoms. The zero-order chi connectivity index (χ0) is 21.5. The van der Waals surface area contributed by atoms with Gasteiger partial charge in [0.2, 0.25) is 5.91 Å². The summed E-state index contributed by atoms with van der Waals surface area (Å²) in [5.74, 6) is 1.72. The second-order valence-electron chi connectivity index (χ2n) is 7.75. The molecule has 0 saturated carbocycles. The van der Waals surface area contributed by atoms with Gasteiger partial charge in [0.05, 0.1) is 0 Å². The third-order valence-electron chi connectivity index (χ3n) is 5.63. The van der Waals surface area contributed by atoms with Gasteiger partial charge in [-0.1, -0.05) is 30.3 Å². The number of para-hydroxylation sites is 1. The quantitative estimate of drug-likeness (QED) is 0.563. The molecule has 3 aromatic carbocycles. The minimum atomic E-state index is 0.0335. The van der Waals surface area contributed by atoms with Crippen LogP contribution < -0.4 is 15.0 Å². The maximum Gasteiger partial charge on any atom is 0.223 e. The molecule has 1 aliphatic heterocycles. The first-order chi connectivity index (χ1) is 15.2. The summed E-state index contributed by atoms with van der Waals surface area (Å²) in [5.41, 5.74) is 2.82. The zero-order valence-corrected chi connectivity index (χ0v) is 17.4. The van der Waals surface area contributed by atoms with Crippen molar-refractivity contribution < 1.29 is 14.3 Å². The minimum absolute atomic E-state index is 0.0335. The van der Waals surface area contributed by atoms with Gasteiger partial charge in [-0.3, -0.25) is 9.59 Å². The molecule has 1 aliphatic rings. The maximum absolute atomic E-state index is 12.6. The summed E-state index contributed by atoms with van der Waals surface area (Å²) < 4.78 is 5.80. The second kappa shape index (κ2) is 9.94. The fourth-order valence-electron chi connectivity index (χ4n) is 3.80. The van der Waals surface area contributed by atoms with Crippen LogP contribution in [0.3, 0.4) is 0 Å². The molecule has 1 fully saturated rings. The number of piperidine rings is 1. The van der Waals surface area contributed by atoms with E-state index in [2.05, 4.69) is 10.2 Å². The second-order valence-corrected chi connectivity index (χ2v) is 7.75. The van der Waals surface area contributed by atoms with Crippen LogP contribution in [0.5, 0.6) is 11.5 Å². The van der Waals surface area contributed by atoms with Crippen LogP contribution in [0.2, 0.25) is 0 Å². The van der Waals surface area contributed by atoms with Crippen molar-refractivity contribution >= 4 is 17.9 Å². The Bertz CT molecular complexity index is 993. The Morgan fingerprint density at radius 2 is 1.55 bits per heavy atom. The molecule has 0 radical (unpaired) electrons. The molecule has 0 unspecified atom stereocenters. The van der Waals surface area contributed by atoms with Crippen LogP contribution in [0.1, 0.15) is 28.8 Å². The monoisotopic (exact) mass is 414 g/mol. The number of carbonyl (C=O) groups excluding carboxylic acids is 2. The Morgan fingerprint density at radius 1 is 0.903 bits per heavy atom. The number of aldehydes is 1. The molecule has 3 aromatic rings. The molecule has 5 nitrogen and oxygen atoms in total. The van der Waals surface area contributed by atoms with Crippen LogP contribution in [-0.2, 0) is 11.3 Å².